The quantitative estimate of drug-likeness (QED) is 0.405. The van der Waals surface area contributed by atoms with Crippen molar-refractivity contribution in [2.45, 2.75) is 19.2 Å². The second kappa shape index (κ2) is 4.84. The van der Waals surface area contributed by atoms with Gasteiger partial charge in [0.05, 0.1) is 0 Å². The lowest BCUT2D eigenvalue weighted by atomic mass is 9.77. The molecule has 0 saturated heterocycles. The standard InChI is InChI=1S/C9H14BNO2S/c1-6-7(4-11)2-9(10(12)13)3-8(6)5-14/h2-3,12-14H,4-5,11H2,1H3. The van der Waals surface area contributed by atoms with Crippen LogP contribution in [0.3, 0.4) is 0 Å². The van der Waals surface area contributed by atoms with Crippen LogP contribution in [0, 0.1) is 6.92 Å². The summed E-state index contributed by atoms with van der Waals surface area (Å²) in [4.78, 5) is 0. The Morgan fingerprint density at radius 1 is 1.36 bits per heavy atom. The van der Waals surface area contributed by atoms with E-state index in [1.807, 2.05) is 6.92 Å². The van der Waals surface area contributed by atoms with E-state index in [4.69, 9.17) is 15.8 Å². The largest absolute Gasteiger partial charge is 0.488 e. The van der Waals surface area contributed by atoms with E-state index in [-0.39, 0.29) is 0 Å². The predicted molar refractivity (Wildman–Crippen MR) is 61.6 cm³/mol. The Kier molecular flexibility index (Phi) is 4.01. The van der Waals surface area contributed by atoms with Crippen molar-refractivity contribution in [2.24, 2.45) is 5.73 Å². The fourth-order valence-corrected chi connectivity index (χ4v) is 1.72. The van der Waals surface area contributed by atoms with Gasteiger partial charge in [0.1, 0.15) is 0 Å². The van der Waals surface area contributed by atoms with E-state index in [9.17, 15) is 0 Å². The van der Waals surface area contributed by atoms with E-state index in [1.165, 1.54) is 0 Å². The van der Waals surface area contributed by atoms with Crippen molar-refractivity contribution >= 4 is 25.2 Å². The molecule has 14 heavy (non-hydrogen) atoms. The summed E-state index contributed by atoms with van der Waals surface area (Å²) >= 11 is 4.18. The van der Waals surface area contributed by atoms with E-state index < -0.39 is 7.12 Å². The predicted octanol–water partition coefficient (Wildman–Crippen LogP) is -0.437. The highest BCUT2D eigenvalue weighted by molar-refractivity contribution is 7.79. The molecule has 0 unspecified atom stereocenters. The number of thiol groups is 1. The second-order valence-electron chi connectivity index (χ2n) is 3.20. The maximum Gasteiger partial charge on any atom is 0.488 e. The first-order chi connectivity index (χ1) is 6.60. The molecule has 0 bridgehead atoms. The van der Waals surface area contributed by atoms with Gasteiger partial charge in [-0.05, 0) is 29.1 Å². The molecule has 0 aliphatic carbocycles. The van der Waals surface area contributed by atoms with E-state index in [1.54, 1.807) is 12.1 Å². The van der Waals surface area contributed by atoms with Gasteiger partial charge < -0.3 is 15.8 Å². The van der Waals surface area contributed by atoms with Crippen molar-refractivity contribution in [3.63, 3.8) is 0 Å². The summed E-state index contributed by atoms with van der Waals surface area (Å²) in [5, 5.41) is 18.1. The summed E-state index contributed by atoms with van der Waals surface area (Å²) in [5.41, 5.74) is 9.02. The molecule has 3 nitrogen and oxygen atoms in total. The van der Waals surface area contributed by atoms with Gasteiger partial charge in [0.2, 0.25) is 0 Å². The summed E-state index contributed by atoms with van der Waals surface area (Å²) in [7, 11) is -1.44. The highest BCUT2D eigenvalue weighted by atomic mass is 32.1. The lowest BCUT2D eigenvalue weighted by Gasteiger charge is -2.11. The van der Waals surface area contributed by atoms with Crippen LogP contribution in [-0.4, -0.2) is 17.2 Å². The molecule has 0 aliphatic heterocycles. The third-order valence-corrected chi connectivity index (χ3v) is 2.67. The van der Waals surface area contributed by atoms with Crippen molar-refractivity contribution in [1.29, 1.82) is 0 Å². The molecule has 5 heteroatoms. The van der Waals surface area contributed by atoms with Crippen LogP contribution in [0.1, 0.15) is 16.7 Å². The molecule has 4 N–H and O–H groups in total. The molecular weight excluding hydrogens is 197 g/mol. The Balaban J connectivity index is 3.25. The average Bonchev–Trinajstić information content (AvgIpc) is 2.17. The van der Waals surface area contributed by atoms with Crippen LogP contribution in [0.5, 0.6) is 0 Å². The van der Waals surface area contributed by atoms with Gasteiger partial charge in [0, 0.05) is 12.3 Å². The van der Waals surface area contributed by atoms with Gasteiger partial charge in [0.25, 0.3) is 0 Å². The molecule has 0 amide bonds. The van der Waals surface area contributed by atoms with Gasteiger partial charge in [-0.1, -0.05) is 12.1 Å². The number of rotatable bonds is 3. The zero-order valence-electron chi connectivity index (χ0n) is 8.07. The number of benzene rings is 1. The molecule has 1 aromatic rings. The Hall–Kier alpha value is -0.485. The van der Waals surface area contributed by atoms with Crippen LogP contribution in [0.25, 0.3) is 0 Å². The normalized spacial score (nSPS) is 10.4. The summed E-state index contributed by atoms with van der Waals surface area (Å²) in [6, 6.07) is 3.46. The maximum absolute atomic E-state index is 9.04. The Morgan fingerprint density at radius 3 is 2.36 bits per heavy atom. The molecule has 0 aromatic heterocycles. The van der Waals surface area contributed by atoms with Crippen LogP contribution in [0.2, 0.25) is 0 Å². The monoisotopic (exact) mass is 211 g/mol. The van der Waals surface area contributed by atoms with Crippen LogP contribution in [0.15, 0.2) is 12.1 Å². The van der Waals surface area contributed by atoms with Gasteiger partial charge in [0.15, 0.2) is 0 Å². The summed E-state index contributed by atoms with van der Waals surface area (Å²) < 4.78 is 0. The molecule has 0 atom stereocenters. The van der Waals surface area contributed by atoms with Crippen LogP contribution >= 0.6 is 12.6 Å². The van der Waals surface area contributed by atoms with Gasteiger partial charge in [-0.15, -0.1) is 0 Å². The molecule has 1 rings (SSSR count). The smallest absolute Gasteiger partial charge is 0.423 e. The van der Waals surface area contributed by atoms with Gasteiger partial charge in [-0.25, -0.2) is 0 Å². The van der Waals surface area contributed by atoms with Crippen LogP contribution < -0.4 is 11.2 Å². The van der Waals surface area contributed by atoms with E-state index >= 15 is 0 Å². The fourth-order valence-electron chi connectivity index (χ4n) is 1.39. The van der Waals surface area contributed by atoms with E-state index in [0.717, 1.165) is 16.7 Å². The Bertz CT molecular complexity index is 306. The first kappa shape index (κ1) is 11.6. The molecular formula is C9H14BNO2S. The van der Waals surface area contributed by atoms with E-state index in [2.05, 4.69) is 12.6 Å². The number of hydrogen-bond donors (Lipinski definition) is 4. The topological polar surface area (TPSA) is 66.5 Å². The molecule has 0 radical (unpaired) electrons. The molecule has 0 aliphatic rings. The zero-order chi connectivity index (χ0) is 10.7. The SMILES string of the molecule is Cc1c(CN)cc(B(O)O)cc1CS. The molecule has 0 fully saturated rings. The lowest BCUT2D eigenvalue weighted by Crippen LogP contribution is -2.31. The second-order valence-corrected chi connectivity index (χ2v) is 3.52. The molecule has 0 heterocycles. The molecule has 76 valence electrons. The third-order valence-electron chi connectivity index (χ3n) is 2.33. The zero-order valence-corrected chi connectivity index (χ0v) is 8.96. The summed E-state index contributed by atoms with van der Waals surface area (Å²) in [5.74, 6) is 0.569. The lowest BCUT2D eigenvalue weighted by molar-refractivity contribution is 0.425. The fraction of sp³-hybridized carbons (Fsp3) is 0.333. The summed E-state index contributed by atoms with van der Waals surface area (Å²) in [6.45, 7) is 2.36. The van der Waals surface area contributed by atoms with Crippen molar-refractivity contribution in [3.8, 4) is 0 Å². The van der Waals surface area contributed by atoms with Crippen molar-refractivity contribution in [2.75, 3.05) is 0 Å². The van der Waals surface area contributed by atoms with Crippen molar-refractivity contribution in [3.05, 3.63) is 28.8 Å². The minimum Gasteiger partial charge on any atom is -0.423 e. The molecule has 0 spiro atoms. The first-order valence-electron chi connectivity index (χ1n) is 4.39. The van der Waals surface area contributed by atoms with Crippen molar-refractivity contribution in [1.82, 2.24) is 0 Å². The van der Waals surface area contributed by atoms with Gasteiger partial charge >= 0.3 is 7.12 Å². The maximum atomic E-state index is 9.04. The minimum absolute atomic E-state index is 0.396. The van der Waals surface area contributed by atoms with Crippen LogP contribution in [-0.2, 0) is 12.3 Å². The number of nitrogens with two attached hydrogens (primary N) is 1. The first-order valence-corrected chi connectivity index (χ1v) is 5.02. The van der Waals surface area contributed by atoms with Gasteiger partial charge in [-0.2, -0.15) is 12.6 Å². The number of hydrogen-bond acceptors (Lipinski definition) is 4. The highest BCUT2D eigenvalue weighted by Gasteiger charge is 2.14. The van der Waals surface area contributed by atoms with Crippen molar-refractivity contribution < 1.29 is 10.0 Å². The minimum atomic E-state index is -1.44. The van der Waals surface area contributed by atoms with E-state index in [0.29, 0.717) is 17.8 Å². The average molecular weight is 211 g/mol. The Labute approximate surface area is 89.5 Å². The summed E-state index contributed by atoms with van der Waals surface area (Å²) in [6.07, 6.45) is 0. The molecule has 1 aromatic carbocycles. The highest BCUT2D eigenvalue weighted by Crippen LogP contribution is 2.14. The van der Waals surface area contributed by atoms with Gasteiger partial charge in [-0.3, -0.25) is 0 Å². The Morgan fingerprint density at radius 2 is 1.93 bits per heavy atom. The third kappa shape index (κ3) is 2.30. The molecule has 0 saturated carbocycles. The van der Waals surface area contributed by atoms with Crippen LogP contribution in [0.4, 0.5) is 0 Å².